The lowest BCUT2D eigenvalue weighted by Crippen LogP contribution is -2.18. The Labute approximate surface area is 706 Å². The molecule has 2 aliphatic carbocycles. The minimum atomic E-state index is -1.16. The number of benzene rings is 10. The van der Waals surface area contributed by atoms with Crippen molar-refractivity contribution in [2.24, 2.45) is 0 Å². The molecule has 18 rings (SSSR count). The number of aliphatic hydroxyl groups is 6. The van der Waals surface area contributed by atoms with E-state index in [-0.39, 0.29) is 0 Å². The maximum Gasteiger partial charge on any atom is 0.227 e. The van der Waals surface area contributed by atoms with Gasteiger partial charge in [0.25, 0.3) is 0 Å². The van der Waals surface area contributed by atoms with Gasteiger partial charge in [-0.3, -0.25) is 9.13 Å². The topological polar surface area (TPSA) is 417 Å². The van der Waals surface area contributed by atoms with Crippen LogP contribution in [0.5, 0.6) is 0 Å². The quantitative estimate of drug-likeness (QED) is 0.0505. The minimum Gasteiger partial charge on any atom is -0.434 e. The summed E-state index contributed by atoms with van der Waals surface area (Å²) in [5.41, 5.74) is 49.1. The maximum atomic E-state index is 10.2. The average molecular weight is 1690 g/mol. The highest BCUT2D eigenvalue weighted by Gasteiger charge is 2.36. The zero-order valence-corrected chi connectivity index (χ0v) is 71.1. The normalized spacial score (nSPS) is 13.3. The van der Waals surface area contributed by atoms with Crippen LogP contribution in [0.1, 0.15) is 171 Å². The maximum absolute atomic E-state index is 10.2. The van der Waals surface area contributed by atoms with E-state index in [1.165, 1.54) is 0 Å². The van der Waals surface area contributed by atoms with Gasteiger partial charge in [0.15, 0.2) is 22.3 Å². The number of hydrogen-bond acceptors (Lipinski definition) is 22. The van der Waals surface area contributed by atoms with E-state index in [1.54, 1.807) is 120 Å². The number of fused-ring (bicyclic) bond motifs is 6. The lowest BCUT2D eigenvalue weighted by Gasteiger charge is -2.21. The van der Waals surface area contributed by atoms with Gasteiger partial charge in [-0.25, -0.2) is 19.9 Å². The molecule has 2 aliphatic rings. The van der Waals surface area contributed by atoms with E-state index in [1.807, 2.05) is 156 Å². The number of imidazole rings is 2. The SMILES string of the molecule is CC(C)(O)c1c(N)cc2c(C3CC3)noc2c1Cl.CC(C)(O)c1c(N)cc2nc(-c3ccccc3)oc2c1Cl.CC(C)(O)c1c(N)cc2onc(C3CC3)c2c1Cl.CC(C)(O)c1cc2c(cc1N)ncn2-c1ccccc1.CC(C)(O)c1cc2ncn(-c3ccccc3)c2cc1N.Cc1ccc(-c2nc3cc(N)c(C(C)(C)O)c(Cl)c3o2)cc1. The fourth-order valence-electron chi connectivity index (χ4n) is 14.4. The average Bonchev–Trinajstić information content (AvgIpc) is 1.64. The summed E-state index contributed by atoms with van der Waals surface area (Å²) in [5, 5.41) is 72.3. The van der Waals surface area contributed by atoms with Crippen molar-refractivity contribution in [1.82, 2.24) is 39.4 Å². The molecule has 0 amide bonds. The molecule has 28 heteroatoms. The Hall–Kier alpha value is -11.3. The molecule has 0 bridgehead atoms. The fraction of sp³-hybridized carbons (Fsp3) is 0.275. The third-order valence-corrected chi connectivity index (χ3v) is 21.8. The molecular formula is C91H96Cl4N14O10. The Kier molecular flexibility index (Phi) is 23.6. The summed E-state index contributed by atoms with van der Waals surface area (Å²) >= 11 is 25.4. The van der Waals surface area contributed by atoms with E-state index in [4.69, 9.17) is 98.7 Å². The van der Waals surface area contributed by atoms with Gasteiger partial charge >= 0.3 is 0 Å². The van der Waals surface area contributed by atoms with Crippen LogP contribution in [0.15, 0.2) is 194 Å². The third kappa shape index (κ3) is 18.3. The molecule has 0 aliphatic heterocycles. The van der Waals surface area contributed by atoms with Gasteiger partial charge in [-0.1, -0.05) is 129 Å². The number of aryl methyl sites for hydroxylation is 1. The Morgan fingerprint density at radius 2 is 0.748 bits per heavy atom. The van der Waals surface area contributed by atoms with E-state index < -0.39 is 33.6 Å². The monoisotopic (exact) mass is 1680 g/mol. The Bertz CT molecular complexity index is 6410. The highest BCUT2D eigenvalue weighted by Crippen LogP contribution is 2.50. The van der Waals surface area contributed by atoms with Crippen LogP contribution < -0.4 is 34.4 Å². The van der Waals surface area contributed by atoms with Gasteiger partial charge in [0.1, 0.15) is 23.7 Å². The van der Waals surface area contributed by atoms with Crippen molar-refractivity contribution >= 4 is 147 Å². The highest BCUT2D eigenvalue weighted by atomic mass is 35.5. The molecule has 6 heterocycles. The smallest absolute Gasteiger partial charge is 0.227 e. The molecule has 6 aromatic heterocycles. The van der Waals surface area contributed by atoms with Gasteiger partial charge in [-0.15, -0.1) is 0 Å². The molecule has 10 aromatic carbocycles. The van der Waals surface area contributed by atoms with E-state index in [0.717, 1.165) is 98.0 Å². The molecule has 0 radical (unpaired) electrons. The molecule has 2 fully saturated rings. The zero-order valence-electron chi connectivity index (χ0n) is 68.1. The fourth-order valence-corrected chi connectivity index (χ4v) is 16.3. The standard InChI is InChI=1S/C17H17ClN2O2.C16H15ClN2O2.2C16H17N3O.2C13H15ClN2O2/c1-9-4-6-10(7-5-9)16-20-12-8-11(19)13(17(2,3)21)14(18)15(12)22-16;1-16(2,20)12-10(18)8-11-14(13(12)17)21-15(19-11)9-6-4-3-5-7-9;1-16(2,20)12-8-15-14(9-13(12)17)18-10-19(15)11-6-4-3-5-7-11;1-16(2,20)12-8-14-15(9-13(12)17)19(10-18-14)11-6-4-3-5-7-11;1-13(2,17)9-8(15)5-7-11(6-3-4-6)16-18-12(7)10(9)14;1-13(2,17)10-7(15)5-8-9(11(10)14)12(16-18-8)6-3-4-6/h4-8,21H,19H2,1-3H3;3-8,20H,18H2,1-2H3;2*3-10,20H,17H2,1-2H3;2*5-6,17H,3-4,15H2,1-2H3. The van der Waals surface area contributed by atoms with Gasteiger partial charge in [-0.2, -0.15) is 0 Å². The Balaban J connectivity index is 0.000000124. The van der Waals surface area contributed by atoms with Crippen molar-refractivity contribution in [3.05, 3.63) is 247 Å². The number of anilines is 6. The van der Waals surface area contributed by atoms with Crippen LogP contribution in [0, 0.1) is 6.92 Å². The second kappa shape index (κ2) is 32.8. The molecule has 618 valence electrons. The van der Waals surface area contributed by atoms with Crippen LogP contribution in [0.3, 0.4) is 0 Å². The second-order valence-corrected chi connectivity index (χ2v) is 34.6. The number of nitrogens with zero attached hydrogens (tertiary/aromatic N) is 8. The van der Waals surface area contributed by atoms with Crippen molar-refractivity contribution in [2.45, 2.75) is 161 Å². The lowest BCUT2D eigenvalue weighted by atomic mass is 9.94. The van der Waals surface area contributed by atoms with Gasteiger partial charge in [0.2, 0.25) is 11.8 Å². The molecule has 0 atom stereocenters. The van der Waals surface area contributed by atoms with Crippen molar-refractivity contribution in [1.29, 1.82) is 0 Å². The lowest BCUT2D eigenvalue weighted by molar-refractivity contribution is 0.0789. The number of oxazole rings is 2. The van der Waals surface area contributed by atoms with Gasteiger partial charge in [0, 0.05) is 113 Å². The number of rotatable bonds is 12. The number of nitrogen functional groups attached to an aromatic ring is 6. The minimum absolute atomic E-state index is 0.298. The second-order valence-electron chi connectivity index (χ2n) is 33.1. The molecule has 0 saturated heterocycles. The van der Waals surface area contributed by atoms with Crippen LogP contribution in [-0.4, -0.2) is 70.0 Å². The molecule has 2 saturated carbocycles. The molecule has 18 N–H and O–H groups in total. The Morgan fingerprint density at radius 3 is 1.20 bits per heavy atom. The van der Waals surface area contributed by atoms with Crippen molar-refractivity contribution in [3.8, 4) is 34.3 Å². The van der Waals surface area contributed by atoms with Gasteiger partial charge in [0.05, 0.1) is 92.5 Å². The summed E-state index contributed by atoms with van der Waals surface area (Å²) in [4.78, 5) is 17.6. The first-order chi connectivity index (χ1) is 55.9. The van der Waals surface area contributed by atoms with Crippen LogP contribution in [0.2, 0.25) is 20.1 Å². The molecule has 119 heavy (non-hydrogen) atoms. The predicted molar refractivity (Wildman–Crippen MR) is 476 cm³/mol. The summed E-state index contributed by atoms with van der Waals surface area (Å²) in [6.07, 6.45) is 8.03. The molecule has 24 nitrogen and oxygen atoms in total. The van der Waals surface area contributed by atoms with Crippen LogP contribution in [0.4, 0.5) is 34.1 Å². The van der Waals surface area contributed by atoms with Crippen LogP contribution >= 0.6 is 46.4 Å². The van der Waals surface area contributed by atoms with Gasteiger partial charge < -0.3 is 82.9 Å². The number of para-hydroxylation sites is 2. The number of halogens is 4. The van der Waals surface area contributed by atoms with Crippen molar-refractivity contribution < 1.29 is 48.5 Å². The van der Waals surface area contributed by atoms with Crippen molar-refractivity contribution in [3.63, 3.8) is 0 Å². The van der Waals surface area contributed by atoms with Gasteiger partial charge in [-0.05, 0) is 207 Å². The van der Waals surface area contributed by atoms with E-state index in [2.05, 4.69) is 30.2 Å². The largest absolute Gasteiger partial charge is 0.434 e. The van der Waals surface area contributed by atoms with E-state index in [9.17, 15) is 30.6 Å². The van der Waals surface area contributed by atoms with Crippen molar-refractivity contribution in [2.75, 3.05) is 34.4 Å². The molecular weight excluding hydrogens is 1590 g/mol. The molecule has 16 aromatic rings. The first-order valence-electron chi connectivity index (χ1n) is 38.5. The summed E-state index contributed by atoms with van der Waals surface area (Å²) in [6.45, 7) is 22.1. The summed E-state index contributed by atoms with van der Waals surface area (Å²) < 4.78 is 26.2. The zero-order chi connectivity index (χ0) is 86.1. The number of hydrogen-bond donors (Lipinski definition) is 12. The van der Waals surface area contributed by atoms with E-state index in [0.29, 0.717) is 145 Å². The first kappa shape index (κ1) is 85.6. The number of aromatic nitrogens is 8. The first-order valence-corrected chi connectivity index (χ1v) is 40.0. The Morgan fingerprint density at radius 1 is 0.378 bits per heavy atom. The van der Waals surface area contributed by atoms with E-state index >= 15 is 0 Å². The highest BCUT2D eigenvalue weighted by molar-refractivity contribution is 6.38. The van der Waals surface area contributed by atoms with Crippen LogP contribution in [-0.2, 0) is 33.6 Å². The van der Waals surface area contributed by atoms with Crippen LogP contribution in [0.25, 0.3) is 100 Å². The summed E-state index contributed by atoms with van der Waals surface area (Å²) in [7, 11) is 0. The molecule has 0 unspecified atom stereocenters. The molecule has 0 spiro atoms. The summed E-state index contributed by atoms with van der Waals surface area (Å²) in [6, 6.07) is 51.6. The third-order valence-electron chi connectivity index (χ3n) is 20.3. The predicted octanol–water partition coefficient (Wildman–Crippen LogP) is 20.2. The number of nitrogens with two attached hydrogens (primary N) is 6. The summed E-state index contributed by atoms with van der Waals surface area (Å²) in [5.74, 6) is 1.85.